The van der Waals surface area contributed by atoms with E-state index in [0.717, 1.165) is 16.8 Å². The summed E-state index contributed by atoms with van der Waals surface area (Å²) in [4.78, 5) is 12.9. The van der Waals surface area contributed by atoms with Gasteiger partial charge in [0.25, 0.3) is 0 Å². The van der Waals surface area contributed by atoms with Crippen LogP contribution in [0.4, 0.5) is 5.95 Å². The van der Waals surface area contributed by atoms with E-state index in [2.05, 4.69) is 67.5 Å². The minimum atomic E-state index is -0.152. The van der Waals surface area contributed by atoms with Crippen LogP contribution in [0.3, 0.4) is 0 Å². The predicted octanol–water partition coefficient (Wildman–Crippen LogP) is 4.26. The van der Waals surface area contributed by atoms with Crippen molar-refractivity contribution in [1.82, 2.24) is 14.3 Å². The number of rotatable bonds is 5. The number of hydrogen-bond acceptors (Lipinski definition) is 4. The number of benzene rings is 3. The largest absolute Gasteiger partial charge is 0.347 e. The van der Waals surface area contributed by atoms with E-state index in [1.165, 1.54) is 21.4 Å². The van der Waals surface area contributed by atoms with Gasteiger partial charge in [-0.25, -0.2) is 14.5 Å². The number of hydrazone groups is 1. The fourth-order valence-corrected chi connectivity index (χ4v) is 4.23. The Morgan fingerprint density at radius 3 is 2.18 bits per heavy atom. The Balaban J connectivity index is 1.51. The van der Waals surface area contributed by atoms with Crippen molar-refractivity contribution < 1.29 is 0 Å². The maximum Gasteiger partial charge on any atom is 0.347 e. The summed E-state index contributed by atoms with van der Waals surface area (Å²) in [6, 6.07) is 27.0. The standard InChI is InChI=1S/C27H27N5O/c1-19-9-13-21(14-10-19)17-32-27(33)30(3)26(29-32)31-18-24(22-7-5-4-6-8-22)25(28-31)23-15-11-20(2)12-16-23/h4-16,24H,17-18H2,1-3H3/t24-/m1/s1. The smallest absolute Gasteiger partial charge is 0.263 e. The van der Waals surface area contributed by atoms with Crippen LogP contribution in [0.1, 0.15) is 33.7 Å². The maximum atomic E-state index is 12.9. The van der Waals surface area contributed by atoms with Crippen molar-refractivity contribution in [3.05, 3.63) is 117 Å². The molecule has 0 amide bonds. The van der Waals surface area contributed by atoms with Gasteiger partial charge in [0.15, 0.2) is 0 Å². The molecule has 0 fully saturated rings. The van der Waals surface area contributed by atoms with E-state index in [9.17, 15) is 4.79 Å². The molecular weight excluding hydrogens is 410 g/mol. The van der Waals surface area contributed by atoms with Gasteiger partial charge in [-0.1, -0.05) is 90.0 Å². The monoisotopic (exact) mass is 437 g/mol. The molecule has 0 unspecified atom stereocenters. The molecule has 4 aromatic rings. The quantitative estimate of drug-likeness (QED) is 0.469. The first-order valence-corrected chi connectivity index (χ1v) is 11.2. The first kappa shape index (κ1) is 20.9. The summed E-state index contributed by atoms with van der Waals surface area (Å²) in [7, 11) is 1.76. The molecule has 0 aliphatic carbocycles. The molecular formula is C27H27N5O. The number of aryl methyl sites for hydroxylation is 2. The van der Waals surface area contributed by atoms with Crippen LogP contribution in [-0.4, -0.2) is 26.6 Å². The zero-order valence-corrected chi connectivity index (χ0v) is 19.1. The van der Waals surface area contributed by atoms with Crippen LogP contribution >= 0.6 is 0 Å². The third kappa shape index (κ3) is 4.12. The lowest BCUT2D eigenvalue weighted by atomic mass is 9.90. The van der Waals surface area contributed by atoms with E-state index in [4.69, 9.17) is 5.10 Å². The lowest BCUT2D eigenvalue weighted by Crippen LogP contribution is -2.25. The third-order valence-electron chi connectivity index (χ3n) is 6.16. The van der Waals surface area contributed by atoms with Crippen molar-refractivity contribution in [3.8, 4) is 0 Å². The second kappa shape index (κ2) is 8.54. The molecule has 0 spiro atoms. The molecule has 5 rings (SSSR count). The number of hydrogen-bond donors (Lipinski definition) is 0. The highest BCUT2D eigenvalue weighted by Crippen LogP contribution is 2.31. The summed E-state index contributed by atoms with van der Waals surface area (Å²) in [5, 5.41) is 11.5. The van der Waals surface area contributed by atoms with Crippen LogP contribution in [0.5, 0.6) is 0 Å². The lowest BCUT2D eigenvalue weighted by Gasteiger charge is -2.15. The average molecular weight is 438 g/mol. The lowest BCUT2D eigenvalue weighted by molar-refractivity contribution is 0.645. The highest BCUT2D eigenvalue weighted by atomic mass is 16.2. The zero-order chi connectivity index (χ0) is 22.9. The topological polar surface area (TPSA) is 55.4 Å². The van der Waals surface area contributed by atoms with Crippen molar-refractivity contribution in [1.29, 1.82) is 0 Å². The van der Waals surface area contributed by atoms with Gasteiger partial charge >= 0.3 is 5.69 Å². The van der Waals surface area contributed by atoms with E-state index in [1.54, 1.807) is 11.6 Å². The van der Waals surface area contributed by atoms with E-state index in [0.29, 0.717) is 19.0 Å². The van der Waals surface area contributed by atoms with Crippen LogP contribution in [0.2, 0.25) is 0 Å². The second-order valence-electron chi connectivity index (χ2n) is 8.68. The minimum Gasteiger partial charge on any atom is -0.263 e. The molecule has 0 saturated carbocycles. The molecule has 6 nitrogen and oxygen atoms in total. The Hall–Kier alpha value is -3.93. The van der Waals surface area contributed by atoms with Crippen molar-refractivity contribution in [3.63, 3.8) is 0 Å². The van der Waals surface area contributed by atoms with Gasteiger partial charge in [-0.3, -0.25) is 4.57 Å². The molecule has 33 heavy (non-hydrogen) atoms. The maximum absolute atomic E-state index is 12.9. The highest BCUT2D eigenvalue weighted by Gasteiger charge is 2.32. The van der Waals surface area contributed by atoms with E-state index >= 15 is 0 Å². The first-order chi connectivity index (χ1) is 16.0. The van der Waals surface area contributed by atoms with Crippen LogP contribution in [0.15, 0.2) is 88.8 Å². The minimum absolute atomic E-state index is 0.0891. The number of aromatic nitrogens is 3. The van der Waals surface area contributed by atoms with Crippen molar-refractivity contribution >= 4 is 11.7 Å². The Bertz CT molecular complexity index is 1350. The summed E-state index contributed by atoms with van der Waals surface area (Å²) in [6.45, 7) is 5.19. The molecule has 0 saturated heterocycles. The van der Waals surface area contributed by atoms with Crippen molar-refractivity contribution in [2.75, 3.05) is 11.6 Å². The molecule has 1 aromatic heterocycles. The van der Waals surface area contributed by atoms with Gasteiger partial charge < -0.3 is 0 Å². The van der Waals surface area contributed by atoms with Gasteiger partial charge in [-0.05, 0) is 30.5 Å². The first-order valence-electron chi connectivity index (χ1n) is 11.2. The molecule has 2 heterocycles. The molecule has 0 radical (unpaired) electrons. The van der Waals surface area contributed by atoms with Gasteiger partial charge in [0, 0.05) is 13.0 Å². The normalized spacial score (nSPS) is 15.7. The van der Waals surface area contributed by atoms with E-state index in [1.807, 2.05) is 35.3 Å². The van der Waals surface area contributed by atoms with Crippen LogP contribution in [0, 0.1) is 13.8 Å². The molecule has 1 atom stereocenters. The number of nitrogens with zero attached hydrogens (tertiary/aromatic N) is 5. The van der Waals surface area contributed by atoms with Crippen LogP contribution < -0.4 is 10.7 Å². The van der Waals surface area contributed by atoms with Crippen LogP contribution in [-0.2, 0) is 13.6 Å². The third-order valence-corrected chi connectivity index (χ3v) is 6.16. The summed E-state index contributed by atoms with van der Waals surface area (Å²) in [5.41, 5.74) is 6.56. The summed E-state index contributed by atoms with van der Waals surface area (Å²) in [6.07, 6.45) is 0. The Labute approximate surface area is 193 Å². The second-order valence-corrected chi connectivity index (χ2v) is 8.68. The fraction of sp³-hybridized carbons (Fsp3) is 0.222. The van der Waals surface area contributed by atoms with Crippen molar-refractivity contribution in [2.24, 2.45) is 12.1 Å². The van der Waals surface area contributed by atoms with Gasteiger partial charge in [0.05, 0.1) is 18.8 Å². The van der Waals surface area contributed by atoms with E-state index < -0.39 is 0 Å². The molecule has 166 valence electrons. The molecule has 1 aliphatic rings. The summed E-state index contributed by atoms with van der Waals surface area (Å²) in [5.74, 6) is 0.640. The van der Waals surface area contributed by atoms with E-state index in [-0.39, 0.29) is 11.6 Å². The number of anilines is 1. The van der Waals surface area contributed by atoms with Gasteiger partial charge in [-0.15, -0.1) is 5.10 Å². The van der Waals surface area contributed by atoms with Gasteiger partial charge in [-0.2, -0.15) is 5.10 Å². The molecule has 1 aliphatic heterocycles. The Morgan fingerprint density at radius 1 is 0.879 bits per heavy atom. The van der Waals surface area contributed by atoms with Crippen LogP contribution in [0.25, 0.3) is 0 Å². The Morgan fingerprint density at radius 2 is 1.52 bits per heavy atom. The zero-order valence-electron chi connectivity index (χ0n) is 19.1. The molecule has 0 bridgehead atoms. The van der Waals surface area contributed by atoms with Gasteiger partial charge in [0.1, 0.15) is 0 Å². The predicted molar refractivity (Wildman–Crippen MR) is 132 cm³/mol. The van der Waals surface area contributed by atoms with Crippen molar-refractivity contribution in [2.45, 2.75) is 26.3 Å². The average Bonchev–Trinajstić information content (AvgIpc) is 3.39. The van der Waals surface area contributed by atoms with Gasteiger partial charge in [0.2, 0.25) is 5.95 Å². The molecule has 3 aromatic carbocycles. The molecule has 0 N–H and O–H groups in total. The fourth-order valence-electron chi connectivity index (χ4n) is 4.23. The highest BCUT2D eigenvalue weighted by molar-refractivity contribution is 6.07. The summed E-state index contributed by atoms with van der Waals surface area (Å²) >= 11 is 0. The molecule has 6 heteroatoms. The summed E-state index contributed by atoms with van der Waals surface area (Å²) < 4.78 is 3.09. The SMILES string of the molecule is Cc1ccc(Cn2nc(N3C[C@H](c4ccccc4)C(c4ccc(C)cc4)=N3)n(C)c2=O)cc1. The Kier molecular flexibility index (Phi) is 5.42.